The number of hydrogen-bond donors (Lipinski definition) is 1. The highest BCUT2D eigenvalue weighted by Gasteiger charge is 2.27. The lowest BCUT2D eigenvalue weighted by Gasteiger charge is -2.31. The van der Waals surface area contributed by atoms with E-state index in [1.54, 1.807) is 17.0 Å². The molecule has 2 heterocycles. The normalized spacial score (nSPS) is 19.4. The van der Waals surface area contributed by atoms with Crippen LogP contribution in [0.15, 0.2) is 18.2 Å². The van der Waals surface area contributed by atoms with Gasteiger partial charge in [-0.25, -0.2) is 0 Å². The molecule has 1 N–H and O–H groups in total. The molecular formula is C16H23N4O4+. The molecule has 2 aliphatic heterocycles. The summed E-state index contributed by atoms with van der Waals surface area (Å²) in [4.78, 5) is 28.8. The van der Waals surface area contributed by atoms with Crippen molar-refractivity contribution in [3.05, 3.63) is 33.9 Å². The van der Waals surface area contributed by atoms with E-state index < -0.39 is 4.92 Å². The van der Waals surface area contributed by atoms with Crippen molar-refractivity contribution in [3.63, 3.8) is 0 Å². The molecule has 1 aromatic carbocycles. The Balaban J connectivity index is 1.84. The van der Waals surface area contributed by atoms with Gasteiger partial charge in [0.25, 0.3) is 11.6 Å². The molecule has 3 rings (SSSR count). The van der Waals surface area contributed by atoms with Crippen LogP contribution in [0.5, 0.6) is 0 Å². The quantitative estimate of drug-likeness (QED) is 0.589. The van der Waals surface area contributed by atoms with Gasteiger partial charge in [-0.05, 0) is 12.1 Å². The molecule has 0 spiro atoms. The summed E-state index contributed by atoms with van der Waals surface area (Å²) in [5.74, 6) is -0.171. The Hall–Kier alpha value is -2.19. The second-order valence-electron chi connectivity index (χ2n) is 6.31. The number of hydrogen-bond acceptors (Lipinski definition) is 5. The Kier molecular flexibility index (Phi) is 4.96. The van der Waals surface area contributed by atoms with Gasteiger partial charge in [0.1, 0.15) is 5.69 Å². The summed E-state index contributed by atoms with van der Waals surface area (Å²) >= 11 is 0. The van der Waals surface area contributed by atoms with Gasteiger partial charge in [0, 0.05) is 24.7 Å². The second kappa shape index (κ2) is 7.14. The number of nitro groups is 1. The van der Waals surface area contributed by atoms with Crippen molar-refractivity contribution in [1.82, 2.24) is 4.90 Å². The van der Waals surface area contributed by atoms with Crippen LogP contribution in [0.1, 0.15) is 10.4 Å². The molecule has 0 aliphatic carbocycles. The number of carbonyl (C=O) groups is 1. The molecule has 0 unspecified atom stereocenters. The van der Waals surface area contributed by atoms with Gasteiger partial charge >= 0.3 is 0 Å². The third-order valence-corrected chi connectivity index (χ3v) is 4.68. The largest absolute Gasteiger partial charge is 0.378 e. The maximum Gasteiger partial charge on any atom is 0.293 e. The zero-order valence-electron chi connectivity index (χ0n) is 13.9. The fraction of sp³-hybridized carbons (Fsp3) is 0.562. The molecule has 0 saturated carbocycles. The first-order chi connectivity index (χ1) is 11.6. The minimum Gasteiger partial charge on any atom is -0.378 e. The van der Waals surface area contributed by atoms with Gasteiger partial charge in [0.05, 0.1) is 51.4 Å². The fourth-order valence-corrected chi connectivity index (χ4v) is 3.15. The van der Waals surface area contributed by atoms with Crippen LogP contribution in [-0.4, -0.2) is 75.3 Å². The van der Waals surface area contributed by atoms with E-state index in [1.807, 2.05) is 4.90 Å². The first kappa shape index (κ1) is 16.7. The standard InChI is InChI=1S/C16H22N4O4/c1-17-4-6-18(7-5-17)14-3-2-13(12-15(14)20(22)23)16(21)19-8-10-24-11-9-19/h2-3,12H,4-11H2,1H3/p+1. The molecule has 1 amide bonds. The van der Waals surface area contributed by atoms with E-state index >= 15 is 0 Å². The van der Waals surface area contributed by atoms with Crippen molar-refractivity contribution in [2.24, 2.45) is 0 Å². The Morgan fingerprint density at radius 3 is 2.50 bits per heavy atom. The molecule has 24 heavy (non-hydrogen) atoms. The average molecular weight is 335 g/mol. The topological polar surface area (TPSA) is 80.4 Å². The maximum absolute atomic E-state index is 12.5. The number of carbonyl (C=O) groups excluding carboxylic acids is 1. The highest BCUT2D eigenvalue weighted by molar-refractivity contribution is 5.95. The average Bonchev–Trinajstić information content (AvgIpc) is 2.62. The van der Waals surface area contributed by atoms with Gasteiger partial charge in [-0.3, -0.25) is 14.9 Å². The van der Waals surface area contributed by atoms with Crippen LogP contribution in [-0.2, 0) is 4.74 Å². The number of nitrogens with zero attached hydrogens (tertiary/aromatic N) is 3. The lowest BCUT2D eigenvalue weighted by Crippen LogP contribution is -3.12. The molecular weight excluding hydrogens is 312 g/mol. The Bertz CT molecular complexity index is 623. The number of piperazine rings is 1. The molecule has 0 aromatic heterocycles. The smallest absolute Gasteiger partial charge is 0.293 e. The number of likely N-dealkylation sites (N-methyl/N-ethyl adjacent to an activating group) is 1. The number of benzene rings is 1. The fourth-order valence-electron chi connectivity index (χ4n) is 3.15. The minimum absolute atomic E-state index is 0.00802. The predicted molar refractivity (Wildman–Crippen MR) is 88.7 cm³/mol. The highest BCUT2D eigenvalue weighted by Crippen LogP contribution is 2.29. The molecule has 1 aromatic rings. The molecule has 2 aliphatic rings. The predicted octanol–water partition coefficient (Wildman–Crippen LogP) is -0.598. The molecule has 0 bridgehead atoms. The Morgan fingerprint density at radius 2 is 1.88 bits per heavy atom. The Labute approximate surface area is 140 Å². The van der Waals surface area contributed by atoms with Crippen LogP contribution in [0.4, 0.5) is 11.4 Å². The van der Waals surface area contributed by atoms with Crippen molar-refractivity contribution in [2.45, 2.75) is 0 Å². The van der Waals surface area contributed by atoms with Gasteiger partial charge in [-0.1, -0.05) is 0 Å². The van der Waals surface area contributed by atoms with E-state index in [4.69, 9.17) is 4.74 Å². The van der Waals surface area contributed by atoms with Crippen LogP contribution >= 0.6 is 0 Å². The van der Waals surface area contributed by atoms with Crippen molar-refractivity contribution in [3.8, 4) is 0 Å². The molecule has 8 heteroatoms. The molecule has 8 nitrogen and oxygen atoms in total. The van der Waals surface area contributed by atoms with E-state index in [1.165, 1.54) is 11.0 Å². The first-order valence-corrected chi connectivity index (χ1v) is 8.28. The van der Waals surface area contributed by atoms with E-state index in [2.05, 4.69) is 7.05 Å². The van der Waals surface area contributed by atoms with Crippen molar-refractivity contribution in [2.75, 3.05) is 64.4 Å². The summed E-state index contributed by atoms with van der Waals surface area (Å²) in [7, 11) is 2.12. The van der Waals surface area contributed by atoms with Gasteiger partial charge < -0.3 is 19.4 Å². The number of quaternary nitrogens is 1. The van der Waals surface area contributed by atoms with Crippen LogP contribution < -0.4 is 9.80 Å². The summed E-state index contributed by atoms with van der Waals surface area (Å²) in [6.07, 6.45) is 0. The first-order valence-electron chi connectivity index (χ1n) is 8.28. The number of rotatable bonds is 3. The Morgan fingerprint density at radius 1 is 1.21 bits per heavy atom. The monoisotopic (exact) mass is 335 g/mol. The van der Waals surface area contributed by atoms with Crippen molar-refractivity contribution in [1.29, 1.82) is 0 Å². The van der Waals surface area contributed by atoms with Crippen LogP contribution in [0.3, 0.4) is 0 Å². The van der Waals surface area contributed by atoms with Crippen molar-refractivity contribution >= 4 is 17.3 Å². The third-order valence-electron chi connectivity index (χ3n) is 4.68. The summed E-state index contributed by atoms with van der Waals surface area (Å²) in [6.45, 7) is 5.53. The molecule has 130 valence electrons. The third kappa shape index (κ3) is 3.49. The summed E-state index contributed by atoms with van der Waals surface area (Å²) in [5.41, 5.74) is 0.979. The maximum atomic E-state index is 12.5. The number of morpholine rings is 1. The minimum atomic E-state index is -0.392. The van der Waals surface area contributed by atoms with Gasteiger partial charge in [0.2, 0.25) is 0 Å². The van der Waals surface area contributed by atoms with Gasteiger partial charge in [-0.2, -0.15) is 0 Å². The highest BCUT2D eigenvalue weighted by atomic mass is 16.6. The summed E-state index contributed by atoms with van der Waals surface area (Å²) < 4.78 is 5.24. The van der Waals surface area contributed by atoms with E-state index in [0.29, 0.717) is 37.6 Å². The van der Waals surface area contributed by atoms with E-state index in [9.17, 15) is 14.9 Å². The zero-order chi connectivity index (χ0) is 17.1. The molecule has 2 saturated heterocycles. The SMILES string of the molecule is C[NH+]1CCN(c2ccc(C(=O)N3CCOCC3)cc2[N+](=O)[O-])CC1. The number of nitrogens with one attached hydrogen (secondary N) is 1. The molecule has 0 radical (unpaired) electrons. The number of nitro benzene ring substituents is 1. The van der Waals surface area contributed by atoms with Gasteiger partial charge in [-0.15, -0.1) is 0 Å². The lowest BCUT2D eigenvalue weighted by molar-refractivity contribution is -0.880. The van der Waals surface area contributed by atoms with Crippen LogP contribution in [0, 0.1) is 10.1 Å². The summed E-state index contributed by atoms with van der Waals surface area (Å²) in [5, 5.41) is 11.5. The summed E-state index contributed by atoms with van der Waals surface area (Å²) in [6, 6.07) is 4.83. The van der Waals surface area contributed by atoms with Gasteiger partial charge in [0.15, 0.2) is 0 Å². The number of amides is 1. The second-order valence-corrected chi connectivity index (χ2v) is 6.31. The van der Waals surface area contributed by atoms with Crippen LogP contribution in [0.2, 0.25) is 0 Å². The number of anilines is 1. The van der Waals surface area contributed by atoms with Crippen molar-refractivity contribution < 1.29 is 19.4 Å². The van der Waals surface area contributed by atoms with E-state index in [0.717, 1.165) is 26.2 Å². The van der Waals surface area contributed by atoms with E-state index in [-0.39, 0.29) is 11.6 Å². The number of ether oxygens (including phenoxy) is 1. The zero-order valence-corrected chi connectivity index (χ0v) is 13.9. The molecule has 2 fully saturated rings. The lowest BCUT2D eigenvalue weighted by atomic mass is 10.1. The molecule has 0 atom stereocenters. The van der Waals surface area contributed by atoms with Crippen LogP contribution in [0.25, 0.3) is 0 Å².